The lowest BCUT2D eigenvalue weighted by Gasteiger charge is -2.25. The first-order valence-electron chi connectivity index (χ1n) is 8.94. The van der Waals surface area contributed by atoms with Gasteiger partial charge in [-0.2, -0.15) is 0 Å². The Morgan fingerprint density at radius 1 is 1.09 bits per heavy atom. The van der Waals surface area contributed by atoms with Gasteiger partial charge in [-0.25, -0.2) is 0 Å². The summed E-state index contributed by atoms with van der Waals surface area (Å²) >= 11 is 0. The first-order chi connectivity index (χ1) is 10.8. The third-order valence-corrected chi connectivity index (χ3v) is 6.00. The summed E-state index contributed by atoms with van der Waals surface area (Å²) in [6.45, 7) is 3.38. The molecule has 3 aliphatic rings. The van der Waals surface area contributed by atoms with E-state index in [0.717, 1.165) is 18.5 Å². The molecule has 4 rings (SSSR count). The highest BCUT2D eigenvalue weighted by molar-refractivity contribution is 5.48. The van der Waals surface area contributed by atoms with Crippen molar-refractivity contribution in [2.75, 3.05) is 19.6 Å². The Bertz CT molecular complexity index is 608. The summed E-state index contributed by atoms with van der Waals surface area (Å²) in [5, 5.41) is 11.4. The SMILES string of the molecule is O[C@@]1(C#CC[NH+]2CCCCC2)c2ccccc2[C@H]2CCC[C@H]21. The topological polar surface area (TPSA) is 24.7 Å². The van der Waals surface area contributed by atoms with Crippen molar-refractivity contribution in [2.24, 2.45) is 5.92 Å². The van der Waals surface area contributed by atoms with Crippen molar-refractivity contribution in [1.82, 2.24) is 0 Å². The van der Waals surface area contributed by atoms with E-state index in [0.29, 0.717) is 11.8 Å². The van der Waals surface area contributed by atoms with Gasteiger partial charge < -0.3 is 10.0 Å². The van der Waals surface area contributed by atoms with Gasteiger partial charge >= 0.3 is 0 Å². The van der Waals surface area contributed by atoms with Crippen LogP contribution in [0.15, 0.2) is 24.3 Å². The minimum Gasteiger partial charge on any atom is -0.373 e. The number of hydrogen-bond donors (Lipinski definition) is 2. The van der Waals surface area contributed by atoms with Crippen LogP contribution in [0.3, 0.4) is 0 Å². The summed E-state index contributed by atoms with van der Waals surface area (Å²) < 4.78 is 0. The summed E-state index contributed by atoms with van der Waals surface area (Å²) in [5.74, 6) is 7.51. The molecule has 0 spiro atoms. The second-order valence-electron chi connectivity index (χ2n) is 7.29. The van der Waals surface area contributed by atoms with Gasteiger partial charge in [-0.3, -0.25) is 0 Å². The molecule has 1 aromatic carbocycles. The molecule has 1 saturated carbocycles. The Kier molecular flexibility index (Phi) is 3.72. The van der Waals surface area contributed by atoms with Gasteiger partial charge in [0.2, 0.25) is 0 Å². The lowest BCUT2D eigenvalue weighted by Crippen LogP contribution is -3.12. The minimum absolute atomic E-state index is 0.314. The van der Waals surface area contributed by atoms with Crippen LogP contribution in [0.1, 0.15) is 55.6 Å². The van der Waals surface area contributed by atoms with Crippen molar-refractivity contribution in [3.63, 3.8) is 0 Å². The smallest absolute Gasteiger partial charge is 0.154 e. The van der Waals surface area contributed by atoms with Gasteiger partial charge in [0.15, 0.2) is 5.60 Å². The molecule has 2 heteroatoms. The zero-order chi connectivity index (χ0) is 15.0. The molecule has 2 nitrogen and oxygen atoms in total. The fourth-order valence-electron chi connectivity index (χ4n) is 4.89. The van der Waals surface area contributed by atoms with E-state index in [1.807, 2.05) is 6.07 Å². The van der Waals surface area contributed by atoms with Crippen LogP contribution in [0.25, 0.3) is 0 Å². The highest BCUT2D eigenvalue weighted by Crippen LogP contribution is 2.56. The Morgan fingerprint density at radius 3 is 2.77 bits per heavy atom. The van der Waals surface area contributed by atoms with E-state index < -0.39 is 5.60 Å². The van der Waals surface area contributed by atoms with Crippen LogP contribution in [-0.4, -0.2) is 24.7 Å². The molecule has 1 aliphatic heterocycles. The molecule has 2 N–H and O–H groups in total. The monoisotopic (exact) mass is 296 g/mol. The van der Waals surface area contributed by atoms with E-state index in [1.54, 1.807) is 4.90 Å². The summed E-state index contributed by atoms with van der Waals surface area (Å²) in [7, 11) is 0. The van der Waals surface area contributed by atoms with Gasteiger partial charge in [-0.15, -0.1) is 0 Å². The van der Waals surface area contributed by atoms with Gasteiger partial charge in [0, 0.05) is 5.92 Å². The lowest BCUT2D eigenvalue weighted by atomic mass is 9.85. The molecule has 0 bridgehead atoms. The fourth-order valence-corrected chi connectivity index (χ4v) is 4.89. The number of nitrogens with one attached hydrogen (secondary N) is 1. The van der Waals surface area contributed by atoms with E-state index in [-0.39, 0.29) is 0 Å². The third kappa shape index (κ3) is 2.28. The molecule has 0 unspecified atom stereocenters. The number of likely N-dealkylation sites (tertiary alicyclic amines) is 1. The Morgan fingerprint density at radius 2 is 1.91 bits per heavy atom. The molecule has 1 saturated heterocycles. The molecular formula is C20H26NO+. The zero-order valence-corrected chi connectivity index (χ0v) is 13.3. The number of aliphatic hydroxyl groups is 1. The van der Waals surface area contributed by atoms with Crippen LogP contribution in [-0.2, 0) is 5.60 Å². The predicted octanol–water partition coefficient (Wildman–Crippen LogP) is 1.84. The summed E-state index contributed by atoms with van der Waals surface area (Å²) in [4.78, 5) is 1.59. The predicted molar refractivity (Wildman–Crippen MR) is 87.6 cm³/mol. The van der Waals surface area contributed by atoms with Crippen molar-refractivity contribution < 1.29 is 10.0 Å². The average molecular weight is 296 g/mol. The number of quaternary nitrogens is 1. The second kappa shape index (κ2) is 5.72. The summed E-state index contributed by atoms with van der Waals surface area (Å²) in [5.41, 5.74) is 1.55. The van der Waals surface area contributed by atoms with E-state index in [2.05, 4.69) is 30.0 Å². The van der Waals surface area contributed by atoms with Gasteiger partial charge in [-0.05, 0) is 55.1 Å². The normalized spacial score (nSPS) is 33.9. The molecule has 0 aromatic heterocycles. The second-order valence-corrected chi connectivity index (χ2v) is 7.29. The zero-order valence-electron chi connectivity index (χ0n) is 13.3. The molecule has 1 aromatic rings. The van der Waals surface area contributed by atoms with Crippen LogP contribution >= 0.6 is 0 Å². The van der Waals surface area contributed by atoms with Crippen LogP contribution < -0.4 is 4.90 Å². The van der Waals surface area contributed by atoms with Crippen LogP contribution in [0.4, 0.5) is 0 Å². The largest absolute Gasteiger partial charge is 0.373 e. The van der Waals surface area contributed by atoms with E-state index in [9.17, 15) is 5.11 Å². The average Bonchev–Trinajstić information content (AvgIpc) is 3.13. The highest BCUT2D eigenvalue weighted by atomic mass is 16.3. The molecule has 1 heterocycles. The molecule has 116 valence electrons. The highest BCUT2D eigenvalue weighted by Gasteiger charge is 2.52. The van der Waals surface area contributed by atoms with E-state index >= 15 is 0 Å². The van der Waals surface area contributed by atoms with E-state index in [4.69, 9.17) is 0 Å². The van der Waals surface area contributed by atoms with Gasteiger partial charge in [0.25, 0.3) is 0 Å². The molecule has 22 heavy (non-hydrogen) atoms. The maximum atomic E-state index is 11.4. The quantitative estimate of drug-likeness (QED) is 0.760. The Labute approximate surface area is 133 Å². The first-order valence-corrected chi connectivity index (χ1v) is 8.94. The van der Waals surface area contributed by atoms with Gasteiger partial charge in [-0.1, -0.05) is 36.6 Å². The van der Waals surface area contributed by atoms with Crippen molar-refractivity contribution >= 4 is 0 Å². The molecule has 3 atom stereocenters. The number of benzene rings is 1. The number of fused-ring (bicyclic) bond motifs is 3. The summed E-state index contributed by atoms with van der Waals surface area (Å²) in [6, 6.07) is 8.44. The molecule has 0 amide bonds. The maximum Gasteiger partial charge on any atom is 0.154 e. The standard InChI is InChI=1S/C20H25NO/c22-20(12-7-15-21-13-4-1-5-14-21)18-10-3-2-8-16(18)17-9-6-11-19(17)20/h2-3,8,10,17,19,22H,1,4-6,9,11,13-15H2/p+1/t17-,19-,20+/m1/s1. The Balaban J connectivity index is 1.59. The Hall–Kier alpha value is -1.30. The number of piperidine rings is 1. The summed E-state index contributed by atoms with van der Waals surface area (Å²) in [6.07, 6.45) is 7.58. The number of rotatable bonds is 1. The van der Waals surface area contributed by atoms with Crippen LogP contribution in [0.5, 0.6) is 0 Å². The van der Waals surface area contributed by atoms with Crippen LogP contribution in [0.2, 0.25) is 0 Å². The third-order valence-electron chi connectivity index (χ3n) is 6.00. The van der Waals surface area contributed by atoms with Crippen LogP contribution in [0, 0.1) is 17.8 Å². The molecular weight excluding hydrogens is 270 g/mol. The molecule has 2 fully saturated rings. The van der Waals surface area contributed by atoms with Crippen molar-refractivity contribution in [3.8, 4) is 11.8 Å². The lowest BCUT2D eigenvalue weighted by molar-refractivity contribution is -0.897. The van der Waals surface area contributed by atoms with Gasteiger partial charge in [0.05, 0.1) is 13.1 Å². The van der Waals surface area contributed by atoms with Crippen molar-refractivity contribution in [2.45, 2.75) is 50.0 Å². The van der Waals surface area contributed by atoms with Crippen molar-refractivity contribution in [1.29, 1.82) is 0 Å². The van der Waals surface area contributed by atoms with E-state index in [1.165, 1.54) is 50.8 Å². The van der Waals surface area contributed by atoms with Gasteiger partial charge in [0.1, 0.15) is 6.54 Å². The minimum atomic E-state index is -0.896. The molecule has 2 aliphatic carbocycles. The fraction of sp³-hybridized carbons (Fsp3) is 0.600. The molecule has 0 radical (unpaired) electrons. The first kappa shape index (κ1) is 14.3. The van der Waals surface area contributed by atoms with Crippen molar-refractivity contribution in [3.05, 3.63) is 35.4 Å². The maximum absolute atomic E-state index is 11.4. The number of hydrogen-bond acceptors (Lipinski definition) is 1.